The van der Waals surface area contributed by atoms with Crippen LogP contribution in [0.1, 0.15) is 149 Å². The number of carbonyl (C=O) groups is 3. The molecule has 348 valence electrons. The van der Waals surface area contributed by atoms with E-state index in [2.05, 4.69) is 135 Å². The van der Waals surface area contributed by atoms with Crippen molar-refractivity contribution in [1.82, 2.24) is 0 Å². The highest BCUT2D eigenvalue weighted by Crippen LogP contribution is 2.12. The van der Waals surface area contributed by atoms with Crippen LogP contribution >= 0.6 is 0 Å². The molecule has 0 aromatic carbocycles. The molecule has 0 saturated carbocycles. The van der Waals surface area contributed by atoms with Gasteiger partial charge in [0.25, 0.3) is 0 Å². The Morgan fingerprint density at radius 3 is 1.23 bits per heavy atom. The fourth-order valence-corrected chi connectivity index (χ4v) is 6.02. The van der Waals surface area contributed by atoms with Crippen LogP contribution in [0.2, 0.25) is 0 Å². The third-order valence-electron chi connectivity index (χ3n) is 9.61. The lowest BCUT2D eigenvalue weighted by Crippen LogP contribution is -2.50. The van der Waals surface area contributed by atoms with Gasteiger partial charge in [0.15, 0.2) is 12.1 Å². The summed E-state index contributed by atoms with van der Waals surface area (Å²) in [4.78, 5) is 37.1. The van der Waals surface area contributed by atoms with E-state index in [4.69, 9.17) is 14.2 Å². The summed E-state index contributed by atoms with van der Waals surface area (Å²) in [7, 11) is 5.49. The maximum Gasteiger partial charge on any atom is 0.362 e. The fourth-order valence-electron chi connectivity index (χ4n) is 6.02. The van der Waals surface area contributed by atoms with Crippen LogP contribution in [0.4, 0.5) is 0 Å². The number of hydrogen-bond donors (Lipinski definition) is 1. The number of likely N-dealkylation sites (N-methyl/N-ethyl adjacent to an activating group) is 1. The number of esters is 2. The van der Waals surface area contributed by atoms with Gasteiger partial charge in [-0.1, -0.05) is 148 Å². The normalized spacial score (nSPS) is 14.0. The average molecular weight is 861 g/mol. The summed E-state index contributed by atoms with van der Waals surface area (Å²) in [6.45, 7) is 4.41. The molecule has 62 heavy (non-hydrogen) atoms. The Labute approximate surface area is 378 Å². The van der Waals surface area contributed by atoms with Gasteiger partial charge < -0.3 is 23.8 Å². The van der Waals surface area contributed by atoms with Crippen molar-refractivity contribution in [1.29, 1.82) is 0 Å². The molecular formula is C54H86NO7+. The maximum absolute atomic E-state index is 12.8. The van der Waals surface area contributed by atoms with Crippen LogP contribution in [0.5, 0.6) is 0 Å². The van der Waals surface area contributed by atoms with Crippen LogP contribution in [0.25, 0.3) is 0 Å². The van der Waals surface area contributed by atoms with Crippen molar-refractivity contribution in [2.24, 2.45) is 0 Å². The molecular weight excluding hydrogens is 775 g/mol. The van der Waals surface area contributed by atoms with E-state index in [1.165, 1.54) is 0 Å². The molecule has 0 radical (unpaired) electrons. The molecule has 8 nitrogen and oxygen atoms in total. The molecule has 0 aliphatic rings. The quantitative estimate of drug-likeness (QED) is 0.0283. The van der Waals surface area contributed by atoms with E-state index < -0.39 is 18.1 Å². The van der Waals surface area contributed by atoms with Gasteiger partial charge >= 0.3 is 17.9 Å². The van der Waals surface area contributed by atoms with Gasteiger partial charge in [-0.05, 0) is 103 Å². The monoisotopic (exact) mass is 861 g/mol. The second-order valence-electron chi connectivity index (χ2n) is 16.2. The first-order valence-electron chi connectivity index (χ1n) is 23.6. The number of allylic oxidation sites excluding steroid dienone is 20. The van der Waals surface area contributed by atoms with Crippen LogP contribution in [0.3, 0.4) is 0 Å². The molecule has 2 atom stereocenters. The first kappa shape index (κ1) is 57.7. The van der Waals surface area contributed by atoms with Gasteiger partial charge in [0, 0.05) is 19.3 Å². The van der Waals surface area contributed by atoms with Crippen LogP contribution < -0.4 is 0 Å². The van der Waals surface area contributed by atoms with Crippen molar-refractivity contribution in [2.75, 3.05) is 41.0 Å². The summed E-state index contributed by atoms with van der Waals surface area (Å²) in [6.07, 6.45) is 61.0. The first-order valence-corrected chi connectivity index (χ1v) is 23.6. The third-order valence-corrected chi connectivity index (χ3v) is 9.61. The van der Waals surface area contributed by atoms with Crippen molar-refractivity contribution in [3.63, 3.8) is 0 Å². The highest BCUT2D eigenvalue weighted by molar-refractivity contribution is 5.72. The van der Waals surface area contributed by atoms with Gasteiger partial charge in [0.05, 0.1) is 34.4 Å². The zero-order valence-corrected chi connectivity index (χ0v) is 39.5. The standard InChI is InChI=1S/C54H85NO7/c1-6-8-10-12-14-16-18-20-22-24-26-28-30-32-34-36-38-40-42-44-52(56)61-49-50(48-60-47-46-51(54(58)59)55(3,4)5)62-53(57)45-43-41-39-37-35-33-31-29-27-25-23-21-19-17-15-13-11-9-7-2/h8-11,14-17,20-23,26-29,32-35,50-51H,6-7,12-13,18-19,24-25,30-31,36-49H2,1-5H3/p+1/b10-8+,11-9+,16-14+,17-15+,22-20+,23-21+,28-26+,29-27+,34-32+,35-33+. The van der Waals surface area contributed by atoms with Crippen LogP contribution in [-0.2, 0) is 28.6 Å². The number of aliphatic carboxylic acids is 1. The molecule has 0 spiro atoms. The Morgan fingerprint density at radius 2 is 0.855 bits per heavy atom. The van der Waals surface area contributed by atoms with Gasteiger partial charge in [0.1, 0.15) is 6.61 Å². The van der Waals surface area contributed by atoms with Gasteiger partial charge in [-0.3, -0.25) is 9.59 Å². The summed E-state index contributed by atoms with van der Waals surface area (Å²) >= 11 is 0. The number of carboxylic acid groups (broad SMARTS) is 1. The summed E-state index contributed by atoms with van der Waals surface area (Å²) in [6, 6.07) is -0.635. The summed E-state index contributed by atoms with van der Waals surface area (Å²) < 4.78 is 17.2. The Hall–Kier alpha value is -4.27. The van der Waals surface area contributed by atoms with Crippen molar-refractivity contribution >= 4 is 17.9 Å². The number of hydrogen-bond acceptors (Lipinski definition) is 6. The number of carbonyl (C=O) groups excluding carboxylic acids is 2. The molecule has 8 heteroatoms. The smallest absolute Gasteiger partial charge is 0.362 e. The van der Waals surface area contributed by atoms with E-state index in [9.17, 15) is 19.5 Å². The lowest BCUT2D eigenvalue weighted by Gasteiger charge is -2.31. The van der Waals surface area contributed by atoms with Crippen LogP contribution in [0, 0.1) is 0 Å². The Bertz CT molecular complexity index is 1420. The zero-order valence-electron chi connectivity index (χ0n) is 39.5. The molecule has 0 amide bonds. The second-order valence-corrected chi connectivity index (χ2v) is 16.2. The number of rotatable bonds is 40. The summed E-state index contributed by atoms with van der Waals surface area (Å²) in [5.74, 6) is -1.57. The predicted molar refractivity (Wildman–Crippen MR) is 261 cm³/mol. The van der Waals surface area contributed by atoms with Crippen molar-refractivity contribution < 1.29 is 38.2 Å². The fraction of sp³-hybridized carbons (Fsp3) is 0.574. The van der Waals surface area contributed by atoms with E-state index in [1.54, 1.807) is 0 Å². The lowest BCUT2D eigenvalue weighted by molar-refractivity contribution is -0.887. The number of ether oxygens (including phenoxy) is 3. The Balaban J connectivity index is 4.47. The minimum Gasteiger partial charge on any atom is -0.477 e. The molecule has 0 aromatic heterocycles. The SMILES string of the molecule is CC/C=C/C/C=C/C/C=C/C/C=C/C/C=C/CCCCCC(=O)OCC(COCCC(C(=O)O)[N+](C)(C)C)OC(=O)CCCCC/C=C/C/C=C/C/C=C/C/C=C/C/C=C/CC. The summed E-state index contributed by atoms with van der Waals surface area (Å²) in [5, 5.41) is 9.64. The molecule has 0 aliphatic carbocycles. The molecule has 0 fully saturated rings. The minimum absolute atomic E-state index is 0.0276. The molecule has 0 saturated heterocycles. The van der Waals surface area contributed by atoms with Crippen LogP contribution in [0.15, 0.2) is 122 Å². The molecule has 0 aromatic rings. The Kier molecular flexibility index (Phi) is 40.4. The maximum atomic E-state index is 12.8. The molecule has 1 N–H and O–H groups in total. The summed E-state index contributed by atoms with van der Waals surface area (Å²) in [5.41, 5.74) is 0. The van der Waals surface area contributed by atoms with Gasteiger partial charge in [-0.15, -0.1) is 0 Å². The van der Waals surface area contributed by atoms with Crippen molar-refractivity contribution in [3.8, 4) is 0 Å². The van der Waals surface area contributed by atoms with E-state index in [-0.39, 0.29) is 42.7 Å². The topological polar surface area (TPSA) is 99.1 Å². The van der Waals surface area contributed by atoms with E-state index in [0.717, 1.165) is 109 Å². The number of nitrogens with zero attached hydrogens (tertiary/aromatic N) is 1. The predicted octanol–water partition coefficient (Wildman–Crippen LogP) is 13.4. The van der Waals surface area contributed by atoms with Gasteiger partial charge in [-0.2, -0.15) is 0 Å². The number of unbranched alkanes of at least 4 members (excludes halogenated alkanes) is 6. The molecule has 0 heterocycles. The van der Waals surface area contributed by atoms with E-state index in [0.29, 0.717) is 19.3 Å². The Morgan fingerprint density at radius 1 is 0.484 bits per heavy atom. The molecule has 0 aliphatic heterocycles. The van der Waals surface area contributed by atoms with Crippen molar-refractivity contribution in [3.05, 3.63) is 122 Å². The second kappa shape index (κ2) is 43.4. The molecule has 2 unspecified atom stereocenters. The lowest BCUT2D eigenvalue weighted by atomic mass is 10.1. The van der Waals surface area contributed by atoms with Gasteiger partial charge in [0.2, 0.25) is 0 Å². The highest BCUT2D eigenvalue weighted by atomic mass is 16.6. The van der Waals surface area contributed by atoms with Crippen molar-refractivity contribution in [2.45, 2.75) is 161 Å². The molecule has 0 rings (SSSR count). The average Bonchev–Trinajstić information content (AvgIpc) is 3.23. The van der Waals surface area contributed by atoms with E-state index in [1.807, 2.05) is 21.1 Å². The third kappa shape index (κ3) is 41.1. The van der Waals surface area contributed by atoms with Gasteiger partial charge in [-0.25, -0.2) is 4.79 Å². The van der Waals surface area contributed by atoms with E-state index >= 15 is 0 Å². The number of carboxylic acids is 1. The number of quaternary nitrogens is 1. The molecule has 0 bridgehead atoms. The van der Waals surface area contributed by atoms with Crippen LogP contribution in [-0.4, -0.2) is 80.6 Å². The minimum atomic E-state index is -0.891. The highest BCUT2D eigenvalue weighted by Gasteiger charge is 2.31. The zero-order chi connectivity index (χ0) is 45.6. The largest absolute Gasteiger partial charge is 0.477 e. The first-order chi connectivity index (χ1) is 30.1.